The average Bonchev–Trinajstić information content (AvgIpc) is 2.06. The van der Waals surface area contributed by atoms with Gasteiger partial charge in [-0.05, 0) is 19.8 Å². The first-order valence-corrected chi connectivity index (χ1v) is 4.65. The minimum absolute atomic E-state index is 0. The molecule has 1 saturated carbocycles. The fraction of sp³-hybridized carbons (Fsp3) is 0.889. The summed E-state index contributed by atoms with van der Waals surface area (Å²) in [5.41, 5.74) is 5.24. The fourth-order valence-corrected chi connectivity index (χ4v) is 1.66. The highest BCUT2D eigenvalue weighted by Gasteiger charge is 2.36. The lowest BCUT2D eigenvalue weighted by Gasteiger charge is -2.30. The first-order valence-electron chi connectivity index (χ1n) is 4.65. The van der Waals surface area contributed by atoms with E-state index in [-0.39, 0.29) is 7.40 Å². The zero-order valence-electron chi connectivity index (χ0n) is 7.64. The van der Waals surface area contributed by atoms with E-state index in [9.17, 15) is 4.79 Å². The monoisotopic (exact) mass is 173 g/mol. The van der Waals surface area contributed by atoms with Crippen molar-refractivity contribution in [3.63, 3.8) is 0 Å². The molecule has 0 atom stereocenters. The third kappa shape index (κ3) is 1.97. The van der Waals surface area contributed by atoms with Crippen LogP contribution < -0.4 is 5.73 Å². The van der Waals surface area contributed by atoms with Crippen molar-refractivity contribution >= 4 is 5.97 Å². The molecular formula is C9H19NO2. The van der Waals surface area contributed by atoms with Crippen molar-refractivity contribution in [1.29, 1.82) is 0 Å². The summed E-state index contributed by atoms with van der Waals surface area (Å²) < 4.78 is 4.92. The molecule has 0 unspecified atom stereocenters. The molecule has 0 heterocycles. The van der Waals surface area contributed by atoms with Gasteiger partial charge in [0.15, 0.2) is 0 Å². The summed E-state index contributed by atoms with van der Waals surface area (Å²) in [4.78, 5) is 11.4. The lowest BCUT2D eigenvalue weighted by molar-refractivity contribution is -0.150. The molecule has 0 spiro atoms. The second kappa shape index (κ2) is 3.90. The Hall–Kier alpha value is -0.570. The number of rotatable bonds is 2. The Kier molecular flexibility index (Phi) is 3.09. The van der Waals surface area contributed by atoms with Crippen LogP contribution in [-0.4, -0.2) is 18.1 Å². The quantitative estimate of drug-likeness (QED) is 0.643. The first kappa shape index (κ1) is 9.52. The van der Waals surface area contributed by atoms with Gasteiger partial charge in [0.05, 0.1) is 6.61 Å². The van der Waals surface area contributed by atoms with E-state index in [0.29, 0.717) is 6.61 Å². The van der Waals surface area contributed by atoms with Gasteiger partial charge in [0.1, 0.15) is 5.54 Å². The van der Waals surface area contributed by atoms with E-state index in [1.165, 1.54) is 6.42 Å². The highest BCUT2D eigenvalue weighted by molar-refractivity contribution is 5.80. The van der Waals surface area contributed by atoms with Crippen LogP contribution in [0.1, 0.15) is 40.5 Å². The number of hydrogen-bond acceptors (Lipinski definition) is 3. The minimum Gasteiger partial charge on any atom is -0.465 e. The van der Waals surface area contributed by atoms with Crippen LogP contribution in [0.25, 0.3) is 0 Å². The van der Waals surface area contributed by atoms with E-state index in [4.69, 9.17) is 10.5 Å². The molecule has 0 aromatic rings. The summed E-state index contributed by atoms with van der Waals surface area (Å²) in [6, 6.07) is 0. The van der Waals surface area contributed by atoms with Crippen molar-refractivity contribution in [2.75, 3.05) is 6.61 Å². The smallest absolute Gasteiger partial charge is 0.326 e. The Balaban J connectivity index is 0.00000144. The highest BCUT2D eigenvalue weighted by Crippen LogP contribution is 2.26. The van der Waals surface area contributed by atoms with Gasteiger partial charge in [-0.15, -0.1) is 0 Å². The van der Waals surface area contributed by atoms with Crippen molar-refractivity contribution in [2.24, 2.45) is 5.73 Å². The Labute approximate surface area is 74.8 Å². The molecule has 2 N–H and O–H groups in total. The molecule has 72 valence electrons. The van der Waals surface area contributed by atoms with Crippen LogP contribution in [0.15, 0.2) is 0 Å². The normalized spacial score (nSPS) is 21.8. The van der Waals surface area contributed by atoms with E-state index in [2.05, 4.69) is 0 Å². The lowest BCUT2D eigenvalue weighted by atomic mass is 9.83. The highest BCUT2D eigenvalue weighted by atomic mass is 16.5. The Morgan fingerprint density at radius 3 is 2.58 bits per heavy atom. The maximum atomic E-state index is 11.4. The molecule has 1 fully saturated rings. The predicted octanol–water partition coefficient (Wildman–Crippen LogP) is 1.46. The second-order valence-electron chi connectivity index (χ2n) is 3.44. The Morgan fingerprint density at radius 2 is 2.08 bits per heavy atom. The van der Waals surface area contributed by atoms with Crippen LogP contribution in [-0.2, 0) is 9.53 Å². The first-order chi connectivity index (χ1) is 5.69. The average molecular weight is 173 g/mol. The number of hydrogen-bond donors (Lipinski definition) is 1. The molecule has 0 aromatic carbocycles. The third-order valence-electron chi connectivity index (χ3n) is 2.43. The second-order valence-corrected chi connectivity index (χ2v) is 3.44. The fourth-order valence-electron chi connectivity index (χ4n) is 1.66. The standard InChI is InChI=1S/C9H17NO2.H2/c1-2-12-8(11)9(10)6-4-3-5-7-9;/h2-7,10H2,1H3;1H. The molecule has 0 amide bonds. The Bertz CT molecular complexity index is 167. The van der Waals surface area contributed by atoms with Crippen LogP contribution in [0.2, 0.25) is 0 Å². The van der Waals surface area contributed by atoms with Gasteiger partial charge >= 0.3 is 5.97 Å². The summed E-state index contributed by atoms with van der Waals surface area (Å²) in [5, 5.41) is 0. The molecule has 1 aliphatic rings. The molecule has 0 radical (unpaired) electrons. The summed E-state index contributed by atoms with van der Waals surface area (Å²) in [5.74, 6) is -0.218. The predicted molar refractivity (Wildman–Crippen MR) is 48.8 cm³/mol. The summed E-state index contributed by atoms with van der Waals surface area (Å²) in [6.45, 7) is 2.24. The van der Waals surface area contributed by atoms with E-state index in [0.717, 1.165) is 25.7 Å². The van der Waals surface area contributed by atoms with Crippen molar-refractivity contribution < 1.29 is 11.0 Å². The van der Waals surface area contributed by atoms with Crippen LogP contribution in [0, 0.1) is 0 Å². The molecule has 3 nitrogen and oxygen atoms in total. The minimum atomic E-state index is -0.672. The van der Waals surface area contributed by atoms with Gasteiger partial charge in [-0.1, -0.05) is 19.3 Å². The topological polar surface area (TPSA) is 52.3 Å². The number of carbonyl (C=O) groups excluding carboxylic acids is 1. The summed E-state index contributed by atoms with van der Waals surface area (Å²) >= 11 is 0. The van der Waals surface area contributed by atoms with E-state index < -0.39 is 5.54 Å². The van der Waals surface area contributed by atoms with Gasteiger partial charge in [-0.2, -0.15) is 0 Å². The van der Waals surface area contributed by atoms with E-state index in [1.54, 1.807) is 0 Å². The Morgan fingerprint density at radius 1 is 1.50 bits per heavy atom. The van der Waals surface area contributed by atoms with Crippen molar-refractivity contribution in [2.45, 2.75) is 44.6 Å². The molecule has 0 aliphatic heterocycles. The largest absolute Gasteiger partial charge is 0.465 e. The van der Waals surface area contributed by atoms with Gasteiger partial charge in [0.2, 0.25) is 0 Å². The number of ether oxygens (including phenoxy) is 1. The molecule has 0 aromatic heterocycles. The van der Waals surface area contributed by atoms with Crippen LogP contribution in [0.3, 0.4) is 0 Å². The van der Waals surface area contributed by atoms with Gasteiger partial charge in [0.25, 0.3) is 0 Å². The number of carbonyl (C=O) groups is 1. The van der Waals surface area contributed by atoms with Crippen LogP contribution >= 0.6 is 0 Å². The van der Waals surface area contributed by atoms with Crippen LogP contribution in [0.4, 0.5) is 0 Å². The summed E-state index contributed by atoms with van der Waals surface area (Å²) in [6.07, 6.45) is 4.86. The maximum absolute atomic E-state index is 11.4. The van der Waals surface area contributed by atoms with Gasteiger partial charge in [-0.3, -0.25) is 4.79 Å². The number of nitrogens with two attached hydrogens (primary N) is 1. The van der Waals surface area contributed by atoms with E-state index in [1.807, 2.05) is 6.92 Å². The molecule has 3 heteroatoms. The van der Waals surface area contributed by atoms with Crippen molar-refractivity contribution in [3.8, 4) is 0 Å². The molecule has 0 bridgehead atoms. The zero-order chi connectivity index (χ0) is 9.03. The SMILES string of the molecule is CCOC(=O)C1(N)CCCCC1.[HH]. The molecule has 0 saturated heterocycles. The maximum Gasteiger partial charge on any atom is 0.326 e. The summed E-state index contributed by atoms with van der Waals surface area (Å²) in [7, 11) is 0. The molecule has 12 heavy (non-hydrogen) atoms. The molecule has 1 aliphatic carbocycles. The van der Waals surface area contributed by atoms with Gasteiger partial charge in [0, 0.05) is 1.43 Å². The third-order valence-corrected chi connectivity index (χ3v) is 2.43. The van der Waals surface area contributed by atoms with Crippen molar-refractivity contribution in [3.05, 3.63) is 0 Å². The van der Waals surface area contributed by atoms with Gasteiger partial charge in [-0.25, -0.2) is 0 Å². The number of esters is 1. The van der Waals surface area contributed by atoms with E-state index >= 15 is 0 Å². The lowest BCUT2D eigenvalue weighted by Crippen LogP contribution is -2.50. The van der Waals surface area contributed by atoms with Gasteiger partial charge < -0.3 is 10.5 Å². The van der Waals surface area contributed by atoms with Crippen LogP contribution in [0.5, 0.6) is 0 Å². The zero-order valence-corrected chi connectivity index (χ0v) is 7.64. The molecule has 1 rings (SSSR count). The molecular weight excluding hydrogens is 154 g/mol. The van der Waals surface area contributed by atoms with Crippen molar-refractivity contribution in [1.82, 2.24) is 0 Å².